The first-order valence-corrected chi connectivity index (χ1v) is 5.68. The second-order valence-electron chi connectivity index (χ2n) is 4.35. The number of alkyl halides is 2. The van der Waals surface area contributed by atoms with Gasteiger partial charge in [0, 0.05) is 12.0 Å². The van der Waals surface area contributed by atoms with Crippen molar-refractivity contribution in [3.05, 3.63) is 29.3 Å². The Morgan fingerprint density at radius 3 is 2.47 bits per heavy atom. The minimum absolute atomic E-state index is 0.00690. The molecule has 0 atom stereocenters. The van der Waals surface area contributed by atoms with Gasteiger partial charge in [-0.25, -0.2) is 8.78 Å². The van der Waals surface area contributed by atoms with Crippen molar-refractivity contribution in [2.75, 3.05) is 13.7 Å². The maximum atomic E-state index is 13.7. The summed E-state index contributed by atoms with van der Waals surface area (Å²) < 4.78 is 32.6. The van der Waals surface area contributed by atoms with E-state index in [-0.39, 0.29) is 24.4 Å². The molecule has 1 aromatic carbocycles. The molecule has 96 valence electrons. The van der Waals surface area contributed by atoms with Gasteiger partial charge in [-0.3, -0.25) is 0 Å². The fourth-order valence-corrected chi connectivity index (χ4v) is 1.74. The van der Waals surface area contributed by atoms with Crippen LogP contribution in [0.1, 0.15) is 37.3 Å². The molecule has 0 bridgehead atoms. The van der Waals surface area contributed by atoms with E-state index in [9.17, 15) is 8.78 Å². The van der Waals surface area contributed by atoms with E-state index in [0.717, 1.165) is 5.56 Å². The normalized spacial score (nSPS) is 11.9. The number of nitrogens with two attached hydrogens (primary N) is 1. The molecule has 4 heteroatoms. The SMILES string of the molecule is COc1ccc(C(F)(F)CCN)cc1C(C)C. The molecule has 2 nitrogen and oxygen atoms in total. The third kappa shape index (κ3) is 3.16. The Morgan fingerprint density at radius 2 is 2.00 bits per heavy atom. The summed E-state index contributed by atoms with van der Waals surface area (Å²) in [7, 11) is 1.54. The lowest BCUT2D eigenvalue weighted by Gasteiger charge is -2.19. The van der Waals surface area contributed by atoms with Gasteiger partial charge in [-0.2, -0.15) is 0 Å². The van der Waals surface area contributed by atoms with Crippen LogP contribution in [0, 0.1) is 0 Å². The molecule has 0 unspecified atom stereocenters. The Bertz CT molecular complexity index is 378. The standard InChI is InChI=1S/C13H19F2NO/c1-9(2)11-8-10(4-5-12(11)17-3)13(14,15)6-7-16/h4-5,8-9H,6-7,16H2,1-3H3. The van der Waals surface area contributed by atoms with E-state index in [1.165, 1.54) is 12.1 Å². The highest BCUT2D eigenvalue weighted by Gasteiger charge is 2.31. The lowest BCUT2D eigenvalue weighted by molar-refractivity contribution is -0.0108. The molecular formula is C13H19F2NO. The zero-order valence-corrected chi connectivity index (χ0v) is 10.5. The van der Waals surface area contributed by atoms with Gasteiger partial charge < -0.3 is 10.5 Å². The van der Waals surface area contributed by atoms with Gasteiger partial charge in [-0.15, -0.1) is 0 Å². The van der Waals surface area contributed by atoms with Crippen LogP contribution in [0.2, 0.25) is 0 Å². The molecular weight excluding hydrogens is 224 g/mol. The quantitative estimate of drug-likeness (QED) is 0.861. The maximum Gasteiger partial charge on any atom is 0.274 e. The number of hydrogen-bond acceptors (Lipinski definition) is 2. The Labute approximate surface area is 101 Å². The summed E-state index contributed by atoms with van der Waals surface area (Å²) >= 11 is 0. The largest absolute Gasteiger partial charge is 0.496 e. The van der Waals surface area contributed by atoms with Crippen molar-refractivity contribution in [1.82, 2.24) is 0 Å². The van der Waals surface area contributed by atoms with Gasteiger partial charge in [0.05, 0.1) is 7.11 Å². The van der Waals surface area contributed by atoms with Crippen LogP contribution in [0.3, 0.4) is 0 Å². The van der Waals surface area contributed by atoms with Gasteiger partial charge in [0.15, 0.2) is 0 Å². The van der Waals surface area contributed by atoms with Crippen LogP contribution < -0.4 is 10.5 Å². The smallest absolute Gasteiger partial charge is 0.274 e. The number of hydrogen-bond donors (Lipinski definition) is 1. The number of ether oxygens (including phenoxy) is 1. The first kappa shape index (κ1) is 13.9. The second kappa shape index (κ2) is 5.45. The minimum atomic E-state index is -2.87. The average molecular weight is 243 g/mol. The van der Waals surface area contributed by atoms with Crippen molar-refractivity contribution in [1.29, 1.82) is 0 Å². The van der Waals surface area contributed by atoms with Crippen LogP contribution >= 0.6 is 0 Å². The number of methoxy groups -OCH3 is 1. The molecule has 2 N–H and O–H groups in total. The van der Waals surface area contributed by atoms with Crippen molar-refractivity contribution >= 4 is 0 Å². The highest BCUT2D eigenvalue weighted by Crippen LogP contribution is 2.36. The Kier molecular flexibility index (Phi) is 4.46. The van der Waals surface area contributed by atoms with Crippen molar-refractivity contribution in [2.45, 2.75) is 32.1 Å². The third-order valence-corrected chi connectivity index (χ3v) is 2.73. The van der Waals surface area contributed by atoms with E-state index < -0.39 is 5.92 Å². The van der Waals surface area contributed by atoms with Gasteiger partial charge in [-0.05, 0) is 36.2 Å². The average Bonchev–Trinajstić information content (AvgIpc) is 2.28. The second-order valence-corrected chi connectivity index (χ2v) is 4.35. The molecule has 0 heterocycles. The molecule has 0 aliphatic rings. The highest BCUT2D eigenvalue weighted by molar-refractivity contribution is 5.40. The van der Waals surface area contributed by atoms with Crippen LogP contribution in [0.15, 0.2) is 18.2 Å². The lowest BCUT2D eigenvalue weighted by atomic mass is 9.96. The molecule has 0 saturated carbocycles. The molecule has 0 saturated heterocycles. The van der Waals surface area contributed by atoms with E-state index >= 15 is 0 Å². The van der Waals surface area contributed by atoms with Gasteiger partial charge in [-0.1, -0.05) is 13.8 Å². The fourth-order valence-electron chi connectivity index (χ4n) is 1.74. The van der Waals surface area contributed by atoms with Gasteiger partial charge in [0.1, 0.15) is 5.75 Å². The van der Waals surface area contributed by atoms with E-state index in [1.54, 1.807) is 13.2 Å². The van der Waals surface area contributed by atoms with Crippen molar-refractivity contribution in [2.24, 2.45) is 5.73 Å². The monoisotopic (exact) mass is 243 g/mol. The highest BCUT2D eigenvalue weighted by atomic mass is 19.3. The maximum absolute atomic E-state index is 13.7. The van der Waals surface area contributed by atoms with Crippen LogP contribution in [0.25, 0.3) is 0 Å². The van der Waals surface area contributed by atoms with Crippen LogP contribution in [0.4, 0.5) is 8.78 Å². The lowest BCUT2D eigenvalue weighted by Crippen LogP contribution is -2.19. The molecule has 0 aromatic heterocycles. The molecule has 0 spiro atoms. The Hall–Kier alpha value is -1.16. The summed E-state index contributed by atoms with van der Waals surface area (Å²) in [4.78, 5) is 0. The molecule has 0 radical (unpaired) electrons. The van der Waals surface area contributed by atoms with E-state index in [4.69, 9.17) is 10.5 Å². The topological polar surface area (TPSA) is 35.2 Å². The number of benzene rings is 1. The van der Waals surface area contributed by atoms with Crippen LogP contribution in [-0.4, -0.2) is 13.7 Å². The molecule has 0 aliphatic heterocycles. The predicted octanol–water partition coefficient (Wildman–Crippen LogP) is 3.26. The van der Waals surface area contributed by atoms with Gasteiger partial charge in [0.2, 0.25) is 0 Å². The Balaban J connectivity index is 3.16. The zero-order chi connectivity index (χ0) is 13.1. The van der Waals surface area contributed by atoms with Crippen molar-refractivity contribution in [3.63, 3.8) is 0 Å². The number of rotatable bonds is 5. The van der Waals surface area contributed by atoms with E-state index in [2.05, 4.69) is 0 Å². The summed E-state index contributed by atoms with van der Waals surface area (Å²) in [6.07, 6.45) is -0.336. The summed E-state index contributed by atoms with van der Waals surface area (Å²) in [5.41, 5.74) is 6.00. The van der Waals surface area contributed by atoms with E-state index in [0.29, 0.717) is 5.75 Å². The summed E-state index contributed by atoms with van der Waals surface area (Å²) in [6, 6.07) is 4.51. The van der Waals surface area contributed by atoms with Crippen molar-refractivity contribution in [3.8, 4) is 5.75 Å². The van der Waals surface area contributed by atoms with E-state index in [1.807, 2.05) is 13.8 Å². The van der Waals surface area contributed by atoms with Crippen LogP contribution in [0.5, 0.6) is 5.75 Å². The summed E-state index contributed by atoms with van der Waals surface area (Å²) in [5.74, 6) is -2.09. The fraction of sp³-hybridized carbons (Fsp3) is 0.538. The molecule has 0 fully saturated rings. The van der Waals surface area contributed by atoms with Gasteiger partial charge >= 0.3 is 0 Å². The Morgan fingerprint density at radius 1 is 1.35 bits per heavy atom. The summed E-state index contributed by atoms with van der Waals surface area (Å²) in [6.45, 7) is 3.86. The molecule has 1 aromatic rings. The molecule has 1 rings (SSSR count). The first-order chi connectivity index (χ1) is 7.92. The summed E-state index contributed by atoms with van der Waals surface area (Å²) in [5, 5.41) is 0. The molecule has 0 aliphatic carbocycles. The van der Waals surface area contributed by atoms with Gasteiger partial charge in [0.25, 0.3) is 5.92 Å². The minimum Gasteiger partial charge on any atom is -0.496 e. The van der Waals surface area contributed by atoms with Crippen molar-refractivity contribution < 1.29 is 13.5 Å². The zero-order valence-electron chi connectivity index (χ0n) is 10.5. The predicted molar refractivity (Wildman–Crippen MR) is 64.6 cm³/mol. The van der Waals surface area contributed by atoms with Crippen LogP contribution in [-0.2, 0) is 5.92 Å². The first-order valence-electron chi connectivity index (χ1n) is 5.68. The molecule has 0 amide bonds. The molecule has 17 heavy (non-hydrogen) atoms. The third-order valence-electron chi connectivity index (χ3n) is 2.73. The number of halogens is 2.